The van der Waals surface area contributed by atoms with E-state index in [0.717, 1.165) is 17.7 Å². The molecule has 0 saturated carbocycles. The number of piperidine rings is 1. The van der Waals surface area contributed by atoms with Crippen LogP contribution in [0.5, 0.6) is 11.5 Å². The molecule has 11 nitrogen and oxygen atoms in total. The van der Waals surface area contributed by atoms with Crippen molar-refractivity contribution < 1.29 is 24.2 Å². The lowest BCUT2D eigenvalue weighted by Gasteiger charge is -2.43. The van der Waals surface area contributed by atoms with Crippen molar-refractivity contribution in [2.45, 2.75) is 50.8 Å². The smallest absolute Gasteiger partial charge is 0.247 e. The highest BCUT2D eigenvalue weighted by molar-refractivity contribution is 6.33. The molecule has 0 bridgehead atoms. The van der Waals surface area contributed by atoms with Gasteiger partial charge >= 0.3 is 0 Å². The molecule has 6 N–H and O–H groups in total. The lowest BCUT2D eigenvalue weighted by Crippen LogP contribution is -2.54. The quantitative estimate of drug-likeness (QED) is 0.244. The number of hydrogen-bond acceptors (Lipinski definition) is 9. The molecule has 0 radical (unpaired) electrons. The van der Waals surface area contributed by atoms with Crippen LogP contribution in [0.3, 0.4) is 0 Å². The maximum absolute atomic E-state index is 13.7. The number of nitrogens with one attached hydrogen (secondary N) is 1. The zero-order valence-corrected chi connectivity index (χ0v) is 26.1. The van der Waals surface area contributed by atoms with E-state index in [0.29, 0.717) is 55.1 Å². The highest BCUT2D eigenvalue weighted by atomic mass is 35.5. The third-order valence-corrected chi connectivity index (χ3v) is 9.21. The van der Waals surface area contributed by atoms with Crippen molar-refractivity contribution in [2.75, 3.05) is 45.3 Å². The average Bonchev–Trinajstić information content (AvgIpc) is 3.05. The Kier molecular flexibility index (Phi) is 9.67. The number of hydrogen-bond donors (Lipinski definition) is 4. The maximum Gasteiger partial charge on any atom is 0.247 e. The molecule has 44 heavy (non-hydrogen) atoms. The van der Waals surface area contributed by atoms with Gasteiger partial charge in [-0.2, -0.15) is 5.10 Å². The van der Waals surface area contributed by atoms with Crippen LogP contribution in [0, 0.1) is 11.8 Å². The van der Waals surface area contributed by atoms with E-state index in [1.165, 1.54) is 0 Å². The van der Waals surface area contributed by atoms with Gasteiger partial charge in [-0.25, -0.2) is 5.01 Å². The average molecular weight is 625 g/mol. The van der Waals surface area contributed by atoms with E-state index in [-0.39, 0.29) is 46.9 Å². The Morgan fingerprint density at radius 3 is 2.43 bits per heavy atom. The fourth-order valence-electron chi connectivity index (χ4n) is 6.28. The summed E-state index contributed by atoms with van der Waals surface area (Å²) < 4.78 is 11.0. The Hall–Kier alpha value is -3.80. The van der Waals surface area contributed by atoms with E-state index in [1.54, 1.807) is 43.2 Å². The first-order valence-electron chi connectivity index (χ1n) is 15.0. The predicted molar refractivity (Wildman–Crippen MR) is 171 cm³/mol. The molecule has 1 saturated heterocycles. The molecule has 1 aliphatic carbocycles. The third kappa shape index (κ3) is 6.36. The van der Waals surface area contributed by atoms with Crippen LogP contribution >= 0.6 is 11.6 Å². The van der Waals surface area contributed by atoms with Crippen LogP contribution in [0.2, 0.25) is 5.02 Å². The number of carbonyl (C=O) groups excluding carboxylic acids is 2. The highest BCUT2D eigenvalue weighted by Crippen LogP contribution is 2.38. The molecule has 0 spiro atoms. The van der Waals surface area contributed by atoms with Crippen molar-refractivity contribution >= 4 is 40.5 Å². The first-order valence-corrected chi connectivity index (χ1v) is 15.3. The van der Waals surface area contributed by atoms with Crippen LogP contribution in [-0.2, 0) is 9.59 Å². The number of amides is 2. The normalized spacial score (nSPS) is 21.8. The van der Waals surface area contributed by atoms with Gasteiger partial charge in [0.25, 0.3) is 0 Å². The van der Waals surface area contributed by atoms with Crippen molar-refractivity contribution in [3.8, 4) is 11.5 Å². The molecule has 2 heterocycles. The second-order valence-electron chi connectivity index (χ2n) is 11.6. The minimum absolute atomic E-state index is 0.00787. The summed E-state index contributed by atoms with van der Waals surface area (Å²) in [7, 11) is 3.20. The number of hydrazone groups is 1. The molecule has 3 aliphatic rings. The second kappa shape index (κ2) is 13.5. The number of benzene rings is 2. The monoisotopic (exact) mass is 624 g/mol. The van der Waals surface area contributed by atoms with Crippen LogP contribution in [0.1, 0.15) is 49.8 Å². The van der Waals surface area contributed by atoms with Gasteiger partial charge < -0.3 is 36.3 Å². The van der Waals surface area contributed by atoms with Gasteiger partial charge in [-0.3, -0.25) is 9.59 Å². The fourth-order valence-corrected chi connectivity index (χ4v) is 6.51. The zero-order chi connectivity index (χ0) is 31.5. The van der Waals surface area contributed by atoms with Gasteiger partial charge in [-0.1, -0.05) is 23.8 Å². The Labute approximate surface area is 262 Å². The summed E-state index contributed by atoms with van der Waals surface area (Å²) in [6, 6.07) is 8.27. The molecule has 12 heteroatoms. The number of nitrogens with two attached hydrogens (primary N) is 2. The number of methoxy groups -OCH3 is 2. The summed E-state index contributed by atoms with van der Waals surface area (Å²) in [6.45, 7) is 2.91. The molecule has 2 aliphatic heterocycles. The summed E-state index contributed by atoms with van der Waals surface area (Å²) in [5, 5.41) is 20.7. The van der Waals surface area contributed by atoms with E-state index in [9.17, 15) is 14.7 Å². The summed E-state index contributed by atoms with van der Waals surface area (Å²) in [6.07, 6.45) is 5.95. The van der Waals surface area contributed by atoms with Crippen molar-refractivity contribution in [1.29, 1.82) is 0 Å². The van der Waals surface area contributed by atoms with Gasteiger partial charge in [0.2, 0.25) is 11.8 Å². The molecular formula is C32H41ClN6O5. The van der Waals surface area contributed by atoms with Crippen LogP contribution in [0.4, 0.5) is 11.4 Å². The zero-order valence-electron chi connectivity index (χ0n) is 25.3. The molecule has 236 valence electrons. The van der Waals surface area contributed by atoms with Gasteiger partial charge in [-0.15, -0.1) is 0 Å². The van der Waals surface area contributed by atoms with Gasteiger partial charge in [-0.05, 0) is 68.5 Å². The number of carbonyl (C=O) groups is 2. The highest BCUT2D eigenvalue weighted by Gasteiger charge is 2.43. The third-order valence-electron chi connectivity index (χ3n) is 8.90. The summed E-state index contributed by atoms with van der Waals surface area (Å²) in [4.78, 5) is 28.8. The van der Waals surface area contributed by atoms with E-state index in [4.69, 9.17) is 37.6 Å². The first kappa shape index (κ1) is 31.6. The number of anilines is 2. The van der Waals surface area contributed by atoms with Crippen LogP contribution in [0.15, 0.2) is 47.6 Å². The Bertz CT molecular complexity index is 1430. The molecule has 1 unspecified atom stereocenters. The summed E-state index contributed by atoms with van der Waals surface area (Å²) in [5.41, 5.74) is 14.5. The van der Waals surface area contributed by atoms with E-state index in [2.05, 4.69) is 17.5 Å². The number of aliphatic hydroxyl groups excluding tert-OH is 1. The molecule has 2 aromatic carbocycles. The molecule has 0 aromatic heterocycles. The number of fused-ring (bicyclic) bond motifs is 1. The van der Waals surface area contributed by atoms with Gasteiger partial charge in [0.15, 0.2) is 11.5 Å². The Morgan fingerprint density at radius 2 is 1.77 bits per heavy atom. The number of ether oxygens (including phenoxy) is 2. The van der Waals surface area contributed by atoms with Crippen LogP contribution in [0.25, 0.3) is 0 Å². The largest absolute Gasteiger partial charge is 0.493 e. The minimum atomic E-state index is -0.919. The fraction of sp³-hybridized carbons (Fsp3) is 0.469. The van der Waals surface area contributed by atoms with Crippen LogP contribution < -0.4 is 26.3 Å². The maximum atomic E-state index is 13.7. The van der Waals surface area contributed by atoms with Crippen molar-refractivity contribution in [1.82, 2.24) is 15.2 Å². The number of likely N-dealkylation sites (tertiary alicyclic amines) is 1. The van der Waals surface area contributed by atoms with E-state index in [1.807, 2.05) is 18.2 Å². The molecule has 1 fully saturated rings. The standard InChI is InChI=1S/C32H41ClN6O5/c1-18(36-17-26(40)20-14-24(33)29(35)25(34)15-20)31(41)38-12-10-21(11-13-38)39-32(42)23-7-5-4-6-22(23)30(37-39)19-8-9-27(43-2)28(16-19)44-3/h4-5,8-9,14-16,18,21-23,26,36,40H,6-7,10-13,17,34-35H2,1-3H3/t18-,22-,23+,26?/m0/s1. The lowest BCUT2D eigenvalue weighted by atomic mass is 9.76. The number of allylic oxidation sites excluding steroid dienone is 2. The van der Waals surface area contributed by atoms with Crippen molar-refractivity contribution in [2.24, 2.45) is 16.9 Å². The Balaban J connectivity index is 1.24. The van der Waals surface area contributed by atoms with Gasteiger partial charge in [0, 0.05) is 31.1 Å². The molecule has 5 rings (SSSR count). The summed E-state index contributed by atoms with van der Waals surface area (Å²) in [5.74, 6) is 1.04. The molecular weight excluding hydrogens is 584 g/mol. The number of halogens is 1. The second-order valence-corrected chi connectivity index (χ2v) is 12.0. The van der Waals surface area contributed by atoms with Gasteiger partial charge in [0.1, 0.15) is 0 Å². The number of rotatable bonds is 9. The minimum Gasteiger partial charge on any atom is -0.493 e. The SMILES string of the molecule is COc1ccc(C2=NN(C3CCN(C(=O)[C@H](C)NCC(O)c4cc(N)c(N)c(Cl)c4)CC3)C(=O)[C@@H]3CC=CC[C@H]23)cc1OC. The number of aliphatic hydroxyl groups is 1. The van der Waals surface area contributed by atoms with Crippen molar-refractivity contribution in [3.63, 3.8) is 0 Å². The predicted octanol–water partition coefficient (Wildman–Crippen LogP) is 3.35. The topological polar surface area (TPSA) is 156 Å². The van der Waals surface area contributed by atoms with Crippen molar-refractivity contribution in [3.05, 3.63) is 58.6 Å². The molecule has 4 atom stereocenters. The first-order chi connectivity index (χ1) is 21.1. The van der Waals surface area contributed by atoms with E-state index < -0.39 is 12.1 Å². The van der Waals surface area contributed by atoms with E-state index >= 15 is 0 Å². The van der Waals surface area contributed by atoms with Crippen LogP contribution in [-0.4, -0.2) is 78.5 Å². The van der Waals surface area contributed by atoms with Gasteiger partial charge in [0.05, 0.1) is 60.4 Å². The summed E-state index contributed by atoms with van der Waals surface area (Å²) >= 11 is 6.11. The lowest BCUT2D eigenvalue weighted by molar-refractivity contribution is -0.142. The number of nitrogens with zero attached hydrogens (tertiary/aromatic N) is 3. The molecule has 2 amide bonds. The number of nitrogen functional groups attached to an aromatic ring is 2. The Morgan fingerprint density at radius 1 is 1.09 bits per heavy atom. The molecule has 2 aromatic rings.